The van der Waals surface area contributed by atoms with Gasteiger partial charge in [-0.05, 0) is 60.9 Å². The average Bonchev–Trinajstić information content (AvgIpc) is 3.48. The number of esters is 1. The molecular weight excluding hydrogens is 433 g/mol. The van der Waals surface area contributed by atoms with E-state index in [2.05, 4.69) is 5.32 Å². The molecular formula is C24H20FNO5S. The molecule has 2 aromatic carbocycles. The van der Waals surface area contributed by atoms with Gasteiger partial charge in [0.15, 0.2) is 11.5 Å². The SMILES string of the molecule is O=C(OC(C(=O)NC1CC1)c1ccc(F)cc1)c1ccc(-c2ccc3c(c2)OCCO3)s1. The molecule has 1 atom stereocenters. The maximum Gasteiger partial charge on any atom is 0.349 e. The van der Waals surface area contributed by atoms with Crippen molar-refractivity contribution in [1.82, 2.24) is 5.32 Å². The van der Waals surface area contributed by atoms with Crippen LogP contribution in [0.25, 0.3) is 10.4 Å². The zero-order valence-corrected chi connectivity index (χ0v) is 17.8. The number of rotatable bonds is 6. The van der Waals surface area contributed by atoms with Gasteiger partial charge in [0.05, 0.1) is 0 Å². The first-order chi connectivity index (χ1) is 15.6. The maximum atomic E-state index is 13.3. The molecule has 6 nitrogen and oxygen atoms in total. The van der Waals surface area contributed by atoms with Gasteiger partial charge in [0.1, 0.15) is 23.9 Å². The lowest BCUT2D eigenvalue weighted by Gasteiger charge is -2.18. The van der Waals surface area contributed by atoms with Gasteiger partial charge in [-0.25, -0.2) is 9.18 Å². The topological polar surface area (TPSA) is 73.9 Å². The minimum absolute atomic E-state index is 0.104. The molecule has 32 heavy (non-hydrogen) atoms. The van der Waals surface area contributed by atoms with Crippen LogP contribution in [-0.4, -0.2) is 31.1 Å². The molecule has 2 heterocycles. The Kier molecular flexibility index (Phi) is 5.53. The number of thiophene rings is 1. The van der Waals surface area contributed by atoms with Crippen LogP contribution in [0.2, 0.25) is 0 Å². The third-order valence-electron chi connectivity index (χ3n) is 5.19. The van der Waals surface area contributed by atoms with Crippen molar-refractivity contribution in [2.24, 2.45) is 0 Å². The monoisotopic (exact) mass is 453 g/mol. The van der Waals surface area contributed by atoms with Gasteiger partial charge in [-0.2, -0.15) is 0 Å². The summed E-state index contributed by atoms with van der Waals surface area (Å²) in [6, 6.07) is 14.6. The molecule has 1 N–H and O–H groups in total. The van der Waals surface area contributed by atoms with E-state index < -0.39 is 23.8 Å². The number of halogens is 1. The third-order valence-corrected chi connectivity index (χ3v) is 6.31. The summed E-state index contributed by atoms with van der Waals surface area (Å²) in [5.74, 6) is -0.0849. The number of benzene rings is 2. The minimum Gasteiger partial charge on any atom is -0.486 e. The Bertz CT molecular complexity index is 1160. The number of hydrogen-bond acceptors (Lipinski definition) is 6. The van der Waals surface area contributed by atoms with E-state index in [1.807, 2.05) is 24.3 Å². The molecule has 1 unspecified atom stereocenters. The summed E-state index contributed by atoms with van der Waals surface area (Å²) in [6.07, 6.45) is 0.655. The van der Waals surface area contributed by atoms with Crippen molar-refractivity contribution in [3.8, 4) is 21.9 Å². The standard InChI is InChI=1S/C24H20FNO5S/c25-16-4-1-14(2-5-16)22(23(27)26-17-6-7-17)31-24(28)21-10-9-20(32-21)15-3-8-18-19(13-15)30-12-11-29-18/h1-5,8-10,13,17,22H,6-7,11-12H2,(H,26,27). The fraction of sp³-hybridized carbons (Fsp3) is 0.250. The molecule has 164 valence electrons. The van der Waals surface area contributed by atoms with Crippen molar-refractivity contribution in [3.63, 3.8) is 0 Å². The second-order valence-electron chi connectivity index (χ2n) is 7.64. The smallest absolute Gasteiger partial charge is 0.349 e. The zero-order chi connectivity index (χ0) is 22.1. The molecule has 1 aliphatic carbocycles. The van der Waals surface area contributed by atoms with Gasteiger partial charge >= 0.3 is 5.97 Å². The summed E-state index contributed by atoms with van der Waals surface area (Å²) in [5, 5.41) is 2.85. The van der Waals surface area contributed by atoms with Crippen LogP contribution in [0.3, 0.4) is 0 Å². The fourth-order valence-electron chi connectivity index (χ4n) is 3.38. The molecule has 1 fully saturated rings. The quantitative estimate of drug-likeness (QED) is 0.557. The highest BCUT2D eigenvalue weighted by atomic mass is 32.1. The van der Waals surface area contributed by atoms with E-state index in [-0.39, 0.29) is 6.04 Å². The number of carbonyl (C=O) groups excluding carboxylic acids is 2. The van der Waals surface area contributed by atoms with E-state index in [0.717, 1.165) is 23.3 Å². The van der Waals surface area contributed by atoms with Crippen LogP contribution in [0.15, 0.2) is 54.6 Å². The molecule has 1 amide bonds. The highest BCUT2D eigenvalue weighted by molar-refractivity contribution is 7.17. The molecule has 1 saturated carbocycles. The van der Waals surface area contributed by atoms with Gasteiger partial charge in [0.2, 0.25) is 6.10 Å². The predicted molar refractivity (Wildman–Crippen MR) is 116 cm³/mol. The lowest BCUT2D eigenvalue weighted by molar-refractivity contribution is -0.130. The highest BCUT2D eigenvalue weighted by Gasteiger charge is 2.31. The molecule has 0 radical (unpaired) electrons. The van der Waals surface area contributed by atoms with Crippen LogP contribution < -0.4 is 14.8 Å². The molecule has 8 heteroatoms. The Hall–Kier alpha value is -3.39. The van der Waals surface area contributed by atoms with Gasteiger partial charge in [0, 0.05) is 16.5 Å². The minimum atomic E-state index is -1.15. The number of amides is 1. The van der Waals surface area contributed by atoms with Crippen molar-refractivity contribution in [3.05, 3.63) is 70.9 Å². The Balaban J connectivity index is 1.35. The first-order valence-electron chi connectivity index (χ1n) is 10.3. The Morgan fingerprint density at radius 3 is 2.50 bits per heavy atom. The van der Waals surface area contributed by atoms with Gasteiger partial charge in [-0.15, -0.1) is 11.3 Å². The highest BCUT2D eigenvalue weighted by Crippen LogP contribution is 2.37. The number of hydrogen-bond donors (Lipinski definition) is 1. The van der Waals surface area contributed by atoms with Crippen LogP contribution >= 0.6 is 11.3 Å². The van der Waals surface area contributed by atoms with Crippen LogP contribution in [-0.2, 0) is 9.53 Å². The normalized spacial score (nSPS) is 15.7. The average molecular weight is 453 g/mol. The lowest BCUT2D eigenvalue weighted by atomic mass is 10.1. The van der Waals surface area contributed by atoms with Crippen molar-refractivity contribution >= 4 is 23.2 Å². The summed E-state index contributed by atoms with van der Waals surface area (Å²) in [5.41, 5.74) is 1.31. The van der Waals surface area contributed by atoms with E-state index in [4.69, 9.17) is 14.2 Å². The van der Waals surface area contributed by atoms with Crippen molar-refractivity contribution in [1.29, 1.82) is 0 Å². The van der Waals surface area contributed by atoms with E-state index in [1.165, 1.54) is 35.6 Å². The first kappa shape index (κ1) is 20.5. The number of ether oxygens (including phenoxy) is 3. The van der Waals surface area contributed by atoms with E-state index >= 15 is 0 Å². The Morgan fingerprint density at radius 1 is 1.00 bits per heavy atom. The van der Waals surface area contributed by atoms with Gasteiger partial charge in [-0.3, -0.25) is 4.79 Å². The summed E-state index contributed by atoms with van der Waals surface area (Å²) in [4.78, 5) is 26.8. The van der Waals surface area contributed by atoms with Crippen molar-refractivity contribution in [2.45, 2.75) is 25.0 Å². The number of carbonyl (C=O) groups is 2. The Morgan fingerprint density at radius 2 is 1.75 bits per heavy atom. The number of nitrogens with one attached hydrogen (secondary N) is 1. The summed E-state index contributed by atoms with van der Waals surface area (Å²) in [7, 11) is 0. The summed E-state index contributed by atoms with van der Waals surface area (Å²) < 4.78 is 30.1. The van der Waals surface area contributed by atoms with Crippen molar-refractivity contribution < 1.29 is 28.2 Å². The fourth-order valence-corrected chi connectivity index (χ4v) is 4.26. The van der Waals surface area contributed by atoms with Crippen molar-refractivity contribution in [2.75, 3.05) is 13.2 Å². The van der Waals surface area contributed by atoms with Crippen LogP contribution in [0.4, 0.5) is 4.39 Å². The Labute approximate surface area is 187 Å². The second-order valence-corrected chi connectivity index (χ2v) is 8.73. The second kappa shape index (κ2) is 8.63. The van der Waals surface area contributed by atoms with Crippen LogP contribution in [0.5, 0.6) is 11.5 Å². The molecule has 1 aliphatic heterocycles. The number of fused-ring (bicyclic) bond motifs is 1. The zero-order valence-electron chi connectivity index (χ0n) is 17.0. The molecule has 5 rings (SSSR count). The first-order valence-corrected chi connectivity index (χ1v) is 11.2. The largest absolute Gasteiger partial charge is 0.486 e. The summed E-state index contributed by atoms with van der Waals surface area (Å²) in [6.45, 7) is 1.01. The van der Waals surface area contributed by atoms with E-state index in [9.17, 15) is 14.0 Å². The van der Waals surface area contributed by atoms with E-state index in [0.29, 0.717) is 35.2 Å². The van der Waals surface area contributed by atoms with Gasteiger partial charge < -0.3 is 19.5 Å². The van der Waals surface area contributed by atoms with Crippen LogP contribution in [0, 0.1) is 5.82 Å². The molecule has 0 bridgehead atoms. The molecule has 1 aromatic heterocycles. The summed E-state index contributed by atoms with van der Waals surface area (Å²) >= 11 is 1.26. The molecule has 3 aromatic rings. The third kappa shape index (κ3) is 4.45. The lowest BCUT2D eigenvalue weighted by Crippen LogP contribution is -2.33. The van der Waals surface area contributed by atoms with Gasteiger partial charge in [-0.1, -0.05) is 12.1 Å². The molecule has 2 aliphatic rings. The van der Waals surface area contributed by atoms with Crippen LogP contribution in [0.1, 0.15) is 34.2 Å². The predicted octanol–water partition coefficient (Wildman–Crippen LogP) is 4.50. The maximum absolute atomic E-state index is 13.3. The molecule has 0 saturated heterocycles. The van der Waals surface area contributed by atoms with Gasteiger partial charge in [0.25, 0.3) is 5.91 Å². The van der Waals surface area contributed by atoms with E-state index in [1.54, 1.807) is 6.07 Å². The molecule has 0 spiro atoms.